The van der Waals surface area contributed by atoms with Crippen molar-refractivity contribution in [1.29, 1.82) is 0 Å². The van der Waals surface area contributed by atoms with Crippen LogP contribution in [0, 0.1) is 12.3 Å². The number of fused-ring (bicyclic) bond motifs is 3. The topological polar surface area (TPSA) is 95.8 Å². The molecule has 3 aromatic rings. The van der Waals surface area contributed by atoms with Crippen LogP contribution < -0.4 is 15.0 Å². The van der Waals surface area contributed by atoms with Crippen LogP contribution >= 0.6 is 0 Å². The Morgan fingerprint density at radius 1 is 0.976 bits per heavy atom. The van der Waals surface area contributed by atoms with E-state index in [-0.39, 0.29) is 5.91 Å². The van der Waals surface area contributed by atoms with Gasteiger partial charge in [-0.25, -0.2) is 0 Å². The van der Waals surface area contributed by atoms with E-state index in [4.69, 9.17) is 4.74 Å². The summed E-state index contributed by atoms with van der Waals surface area (Å²) in [5.41, 5.74) is 3.13. The Bertz CT molecular complexity index is 1340. The average Bonchev–Trinajstić information content (AvgIpc) is 3.43. The van der Waals surface area contributed by atoms with E-state index in [9.17, 15) is 9.90 Å². The highest BCUT2D eigenvalue weighted by molar-refractivity contribution is 5.82. The van der Waals surface area contributed by atoms with Gasteiger partial charge >= 0.3 is 0 Å². The first-order valence-electron chi connectivity index (χ1n) is 15.0. The summed E-state index contributed by atoms with van der Waals surface area (Å²) in [5, 5.41) is 23.3. The number of aryl methyl sites for hydroxylation is 2. The molecule has 3 aliphatic rings. The molecule has 0 atom stereocenters. The fourth-order valence-corrected chi connectivity index (χ4v) is 6.71. The summed E-state index contributed by atoms with van der Waals surface area (Å²) < 4.78 is 7.89. The van der Waals surface area contributed by atoms with Gasteiger partial charge in [0.15, 0.2) is 0 Å². The lowest BCUT2D eigenvalue weighted by Gasteiger charge is -2.45. The fourth-order valence-electron chi connectivity index (χ4n) is 6.71. The third-order valence-corrected chi connectivity index (χ3v) is 9.29. The number of piperidine rings is 2. The number of aliphatic hydroxyl groups is 1. The molecule has 3 aliphatic heterocycles. The lowest BCUT2D eigenvalue weighted by Crippen LogP contribution is -2.55. The summed E-state index contributed by atoms with van der Waals surface area (Å²) in [7, 11) is 0. The number of para-hydroxylation sites is 1. The molecule has 2 fully saturated rings. The molecule has 2 bridgehead atoms. The Morgan fingerprint density at radius 3 is 2.59 bits per heavy atom. The maximum Gasteiger partial charge on any atom is 0.226 e. The third kappa shape index (κ3) is 6.41. The van der Waals surface area contributed by atoms with Crippen molar-refractivity contribution < 1.29 is 14.6 Å². The van der Waals surface area contributed by atoms with Gasteiger partial charge in [0.2, 0.25) is 5.91 Å². The number of likely N-dealkylation sites (tertiary alicyclic amines) is 1. The zero-order chi connectivity index (χ0) is 28.3. The van der Waals surface area contributed by atoms with Crippen LogP contribution in [0.1, 0.15) is 55.3 Å². The minimum Gasteiger partial charge on any atom is -0.487 e. The predicted octanol–water partition coefficient (Wildman–Crippen LogP) is 3.69. The lowest BCUT2D eigenvalue weighted by molar-refractivity contribution is -0.135. The number of benzene rings is 2. The number of hydrogen-bond donors (Lipinski definition) is 2. The van der Waals surface area contributed by atoms with Crippen molar-refractivity contribution in [3.8, 4) is 5.75 Å². The first kappa shape index (κ1) is 27.7. The van der Waals surface area contributed by atoms with Crippen LogP contribution in [0.4, 0.5) is 5.69 Å². The van der Waals surface area contributed by atoms with Crippen molar-refractivity contribution in [2.45, 2.75) is 70.7 Å². The molecule has 2 N–H and O–H groups in total. The van der Waals surface area contributed by atoms with Crippen molar-refractivity contribution in [1.82, 2.24) is 25.2 Å². The van der Waals surface area contributed by atoms with Gasteiger partial charge in [-0.2, -0.15) is 0 Å². The fraction of sp³-hybridized carbons (Fsp3) is 0.531. The monoisotopic (exact) mass is 558 g/mol. The normalized spacial score (nSPS) is 21.4. The van der Waals surface area contributed by atoms with Crippen molar-refractivity contribution in [2.75, 3.05) is 37.6 Å². The highest BCUT2D eigenvalue weighted by Crippen LogP contribution is 2.38. The molecule has 0 radical (unpaired) electrons. The maximum absolute atomic E-state index is 13.8. The van der Waals surface area contributed by atoms with E-state index in [1.807, 2.05) is 35.1 Å². The Hall–Kier alpha value is -3.43. The van der Waals surface area contributed by atoms with E-state index in [0.29, 0.717) is 19.7 Å². The van der Waals surface area contributed by atoms with Crippen LogP contribution in [-0.4, -0.2) is 69.2 Å². The molecule has 1 amide bonds. The number of aromatic nitrogens is 3. The van der Waals surface area contributed by atoms with Crippen LogP contribution in [0.2, 0.25) is 0 Å². The van der Waals surface area contributed by atoms with Gasteiger partial charge in [0.25, 0.3) is 0 Å². The van der Waals surface area contributed by atoms with Crippen molar-refractivity contribution in [3.05, 3.63) is 71.5 Å². The Labute approximate surface area is 242 Å². The average molecular weight is 559 g/mol. The standard InChI is InChI=1S/C32H42N6O3/c1-25-6-4-8-28(20-25)37-18-13-32(40,14-19-37)24-36-16-11-31(12-17-36)10-5-15-38-22-27(34-35-38)23-41-29-9-3-2-7-26(29)21-33-30(31)39/h2-4,6-9,20,22,40H,5,10-19,21,23-24H2,1H3,(H,33,39). The summed E-state index contributed by atoms with van der Waals surface area (Å²) in [4.78, 5) is 18.5. The number of β-amino-alcohol motifs (C(OH)–C–C–N with tert-alkyl or cyclic N) is 1. The second kappa shape index (κ2) is 11.8. The van der Waals surface area contributed by atoms with E-state index in [1.54, 1.807) is 0 Å². The molecule has 1 spiro atoms. The first-order valence-corrected chi connectivity index (χ1v) is 15.0. The smallest absolute Gasteiger partial charge is 0.226 e. The van der Waals surface area contributed by atoms with Crippen LogP contribution in [0.25, 0.3) is 0 Å². The molecule has 0 saturated carbocycles. The molecular formula is C32H42N6O3. The molecular weight excluding hydrogens is 516 g/mol. The van der Waals surface area contributed by atoms with Crippen LogP contribution in [0.5, 0.6) is 5.75 Å². The second-order valence-electron chi connectivity index (χ2n) is 12.3. The quantitative estimate of drug-likeness (QED) is 0.506. The highest BCUT2D eigenvalue weighted by Gasteiger charge is 2.43. The van der Waals surface area contributed by atoms with Crippen molar-refractivity contribution in [3.63, 3.8) is 0 Å². The number of ether oxygens (including phenoxy) is 1. The molecule has 6 rings (SSSR count). The number of rotatable bonds is 3. The van der Waals surface area contributed by atoms with Gasteiger partial charge in [0.05, 0.1) is 17.2 Å². The van der Waals surface area contributed by atoms with Crippen LogP contribution in [-0.2, 0) is 24.5 Å². The maximum atomic E-state index is 13.8. The molecule has 41 heavy (non-hydrogen) atoms. The molecule has 4 heterocycles. The lowest BCUT2D eigenvalue weighted by atomic mass is 9.73. The summed E-state index contributed by atoms with van der Waals surface area (Å²) in [6.45, 7) is 7.62. The van der Waals surface area contributed by atoms with Crippen LogP contribution in [0.15, 0.2) is 54.7 Å². The molecule has 1 aromatic heterocycles. The summed E-state index contributed by atoms with van der Waals surface area (Å²) in [5.74, 6) is 0.874. The summed E-state index contributed by atoms with van der Waals surface area (Å²) >= 11 is 0. The minimum absolute atomic E-state index is 0.119. The van der Waals surface area contributed by atoms with Crippen LogP contribution in [0.3, 0.4) is 0 Å². The molecule has 0 unspecified atom stereocenters. The summed E-state index contributed by atoms with van der Waals surface area (Å²) in [6.07, 6.45) is 6.67. The second-order valence-corrected chi connectivity index (χ2v) is 12.3. The number of nitrogens with zero attached hydrogens (tertiary/aromatic N) is 5. The largest absolute Gasteiger partial charge is 0.487 e. The number of carbonyl (C=O) groups excluding carboxylic acids is 1. The first-order chi connectivity index (χ1) is 19.9. The van der Waals surface area contributed by atoms with E-state index in [0.717, 1.165) is 88.3 Å². The Balaban J connectivity index is 1.10. The van der Waals surface area contributed by atoms with E-state index >= 15 is 0 Å². The molecule has 2 aromatic carbocycles. The number of hydrogen-bond acceptors (Lipinski definition) is 7. The highest BCUT2D eigenvalue weighted by atomic mass is 16.5. The molecule has 9 heteroatoms. The van der Waals surface area contributed by atoms with Gasteiger partial charge in [0, 0.05) is 44.0 Å². The van der Waals surface area contributed by atoms with Crippen molar-refractivity contribution in [2.24, 2.45) is 5.41 Å². The summed E-state index contributed by atoms with van der Waals surface area (Å²) in [6, 6.07) is 16.4. The zero-order valence-corrected chi connectivity index (χ0v) is 24.1. The number of nitrogens with one attached hydrogen (secondary N) is 1. The van der Waals surface area contributed by atoms with E-state index < -0.39 is 11.0 Å². The SMILES string of the molecule is Cc1cccc(N2CCC(O)(CN3CCC4(CCCn5cc(nn5)COc5ccccc5CNC4=O)CC3)CC2)c1. The number of carbonyl (C=O) groups is 1. The number of amides is 1. The van der Waals surface area contributed by atoms with Gasteiger partial charge in [-0.1, -0.05) is 35.5 Å². The van der Waals surface area contributed by atoms with Gasteiger partial charge in [-0.05, 0) is 82.3 Å². The Kier molecular flexibility index (Phi) is 7.99. The third-order valence-electron chi connectivity index (χ3n) is 9.29. The molecule has 9 nitrogen and oxygen atoms in total. The van der Waals surface area contributed by atoms with Gasteiger partial charge in [-0.15, -0.1) is 5.10 Å². The van der Waals surface area contributed by atoms with Crippen molar-refractivity contribution >= 4 is 11.6 Å². The zero-order valence-electron chi connectivity index (χ0n) is 24.1. The number of anilines is 1. The Morgan fingerprint density at radius 2 is 1.78 bits per heavy atom. The van der Waals surface area contributed by atoms with E-state index in [2.05, 4.69) is 56.6 Å². The van der Waals surface area contributed by atoms with Gasteiger partial charge in [0.1, 0.15) is 18.1 Å². The predicted molar refractivity (Wildman–Crippen MR) is 158 cm³/mol. The van der Waals surface area contributed by atoms with E-state index in [1.165, 1.54) is 11.3 Å². The molecule has 0 aliphatic carbocycles. The molecule has 218 valence electrons. The molecule has 2 saturated heterocycles. The van der Waals surface area contributed by atoms with Gasteiger partial charge in [-0.3, -0.25) is 9.48 Å². The minimum atomic E-state index is -0.690. The van der Waals surface area contributed by atoms with Gasteiger partial charge < -0.3 is 25.0 Å².